The molecule has 0 N–H and O–H groups in total. The first-order valence-corrected chi connectivity index (χ1v) is 7.59. The van der Waals surface area contributed by atoms with Gasteiger partial charge in [0.15, 0.2) is 6.29 Å². The van der Waals surface area contributed by atoms with Crippen LogP contribution in [0.3, 0.4) is 0 Å². The van der Waals surface area contributed by atoms with E-state index in [0.717, 1.165) is 12.2 Å². The van der Waals surface area contributed by atoms with Crippen molar-refractivity contribution in [1.82, 2.24) is 0 Å². The Bertz CT molecular complexity index is 456. The van der Waals surface area contributed by atoms with Gasteiger partial charge in [0, 0.05) is 25.9 Å². The number of hydrogen-bond donors (Lipinski definition) is 0. The molecule has 8 nitrogen and oxygen atoms in total. The SMILES string of the molecule is C=C(C(=O)OC)C(C)OCC.C=CC(=O)OC.C=CC(=O)OC(C)OC. The zero-order chi connectivity index (χ0) is 21.1. The number of methoxy groups -OCH3 is 3. The van der Waals surface area contributed by atoms with Crippen LogP contribution in [-0.2, 0) is 38.1 Å². The third-order valence-electron chi connectivity index (χ3n) is 2.50. The molecular formula is C18H30O8. The van der Waals surface area contributed by atoms with Crippen molar-refractivity contribution in [3.8, 4) is 0 Å². The molecule has 0 saturated heterocycles. The number of carbonyl (C=O) groups is 3. The summed E-state index contributed by atoms with van der Waals surface area (Å²) in [6.07, 6.45) is 1.46. The summed E-state index contributed by atoms with van der Waals surface area (Å²) < 4.78 is 22.9. The van der Waals surface area contributed by atoms with Crippen molar-refractivity contribution < 1.29 is 38.1 Å². The van der Waals surface area contributed by atoms with E-state index in [9.17, 15) is 14.4 Å². The van der Waals surface area contributed by atoms with Crippen molar-refractivity contribution in [3.63, 3.8) is 0 Å². The van der Waals surface area contributed by atoms with Gasteiger partial charge in [-0.25, -0.2) is 14.4 Å². The van der Waals surface area contributed by atoms with Gasteiger partial charge in [0.25, 0.3) is 0 Å². The van der Waals surface area contributed by atoms with Crippen LogP contribution in [0.1, 0.15) is 20.8 Å². The van der Waals surface area contributed by atoms with Gasteiger partial charge in [0.2, 0.25) is 0 Å². The summed E-state index contributed by atoms with van der Waals surface area (Å²) >= 11 is 0. The number of carbonyl (C=O) groups excluding carboxylic acids is 3. The molecule has 150 valence electrons. The summed E-state index contributed by atoms with van der Waals surface area (Å²) in [6.45, 7) is 15.7. The minimum Gasteiger partial charge on any atom is -0.466 e. The molecule has 0 aliphatic carbocycles. The highest BCUT2D eigenvalue weighted by Crippen LogP contribution is 2.04. The zero-order valence-corrected chi connectivity index (χ0v) is 16.4. The lowest BCUT2D eigenvalue weighted by molar-refractivity contribution is -0.163. The average Bonchev–Trinajstić information content (AvgIpc) is 2.66. The van der Waals surface area contributed by atoms with Crippen molar-refractivity contribution in [2.24, 2.45) is 0 Å². The lowest BCUT2D eigenvalue weighted by Crippen LogP contribution is -2.18. The molecule has 2 unspecified atom stereocenters. The molecule has 0 rings (SSSR count). The minimum atomic E-state index is -0.490. The summed E-state index contributed by atoms with van der Waals surface area (Å²) in [5, 5.41) is 0. The predicted molar refractivity (Wildman–Crippen MR) is 97.2 cm³/mol. The van der Waals surface area contributed by atoms with Crippen LogP contribution >= 0.6 is 0 Å². The minimum absolute atomic E-state index is 0.257. The Balaban J connectivity index is -0.000000319. The molecule has 2 atom stereocenters. The highest BCUT2D eigenvalue weighted by atomic mass is 16.7. The van der Waals surface area contributed by atoms with Gasteiger partial charge in [-0.1, -0.05) is 19.7 Å². The second-order valence-electron chi connectivity index (χ2n) is 4.29. The Morgan fingerprint density at radius 2 is 1.46 bits per heavy atom. The molecule has 0 aliphatic heterocycles. The maximum absolute atomic E-state index is 10.8. The quantitative estimate of drug-likeness (QED) is 0.276. The molecule has 8 heteroatoms. The van der Waals surface area contributed by atoms with Crippen LogP contribution in [0.15, 0.2) is 37.5 Å². The molecule has 0 aromatic carbocycles. The van der Waals surface area contributed by atoms with Crippen LogP contribution in [0, 0.1) is 0 Å². The average molecular weight is 374 g/mol. The number of ether oxygens (including phenoxy) is 5. The summed E-state index contributed by atoms with van der Waals surface area (Å²) in [7, 11) is 4.09. The number of rotatable bonds is 8. The van der Waals surface area contributed by atoms with Gasteiger partial charge in [0.05, 0.1) is 25.9 Å². The third kappa shape index (κ3) is 17.9. The van der Waals surface area contributed by atoms with Gasteiger partial charge in [-0.05, 0) is 20.8 Å². The fourth-order valence-electron chi connectivity index (χ4n) is 0.991. The van der Waals surface area contributed by atoms with E-state index >= 15 is 0 Å². The smallest absolute Gasteiger partial charge is 0.335 e. The van der Waals surface area contributed by atoms with Gasteiger partial charge >= 0.3 is 17.9 Å². The van der Waals surface area contributed by atoms with E-state index in [1.165, 1.54) is 21.3 Å². The second-order valence-corrected chi connectivity index (χ2v) is 4.29. The van der Waals surface area contributed by atoms with E-state index in [0.29, 0.717) is 12.2 Å². The van der Waals surface area contributed by atoms with Crippen molar-refractivity contribution in [2.45, 2.75) is 33.2 Å². The third-order valence-corrected chi connectivity index (χ3v) is 2.50. The van der Waals surface area contributed by atoms with Gasteiger partial charge in [0.1, 0.15) is 0 Å². The van der Waals surface area contributed by atoms with E-state index in [4.69, 9.17) is 4.74 Å². The molecule has 0 amide bonds. The first-order chi connectivity index (χ1) is 12.1. The van der Waals surface area contributed by atoms with Crippen molar-refractivity contribution in [3.05, 3.63) is 37.5 Å². The molecule has 0 bridgehead atoms. The van der Waals surface area contributed by atoms with E-state index in [1.807, 2.05) is 6.92 Å². The van der Waals surface area contributed by atoms with Crippen LogP contribution in [-0.4, -0.2) is 58.2 Å². The largest absolute Gasteiger partial charge is 0.466 e. The maximum Gasteiger partial charge on any atom is 0.335 e. The normalized spacial score (nSPS) is 11.0. The van der Waals surface area contributed by atoms with Crippen LogP contribution in [0.2, 0.25) is 0 Å². The van der Waals surface area contributed by atoms with E-state index in [2.05, 4.69) is 38.7 Å². The Hall–Kier alpha value is -2.45. The lowest BCUT2D eigenvalue weighted by atomic mass is 10.2. The number of hydrogen-bond acceptors (Lipinski definition) is 8. The molecule has 26 heavy (non-hydrogen) atoms. The molecule has 0 saturated carbocycles. The highest BCUT2D eigenvalue weighted by molar-refractivity contribution is 5.88. The molecule has 0 aromatic heterocycles. The fraction of sp³-hybridized carbons (Fsp3) is 0.500. The Labute approximate surface area is 155 Å². The van der Waals surface area contributed by atoms with Crippen LogP contribution in [0.25, 0.3) is 0 Å². The topological polar surface area (TPSA) is 97.4 Å². The van der Waals surface area contributed by atoms with Crippen molar-refractivity contribution in [1.29, 1.82) is 0 Å². The van der Waals surface area contributed by atoms with Crippen molar-refractivity contribution >= 4 is 17.9 Å². The Morgan fingerprint density at radius 3 is 1.73 bits per heavy atom. The molecule has 0 radical (unpaired) electrons. The Kier molecular flexibility index (Phi) is 20.6. The van der Waals surface area contributed by atoms with Gasteiger partial charge in [-0.15, -0.1) is 0 Å². The summed E-state index contributed by atoms with van der Waals surface area (Å²) in [4.78, 5) is 31.0. The monoisotopic (exact) mass is 374 g/mol. The molecule has 0 aromatic rings. The first kappa shape index (κ1) is 28.4. The van der Waals surface area contributed by atoms with Gasteiger partial charge in [-0.3, -0.25) is 0 Å². The van der Waals surface area contributed by atoms with Crippen LogP contribution < -0.4 is 0 Å². The predicted octanol–water partition coefficient (Wildman–Crippen LogP) is 2.19. The summed E-state index contributed by atoms with van der Waals surface area (Å²) in [5.41, 5.74) is 0.356. The van der Waals surface area contributed by atoms with Gasteiger partial charge < -0.3 is 23.7 Å². The molecule has 0 heterocycles. The van der Waals surface area contributed by atoms with Gasteiger partial charge in [-0.2, -0.15) is 0 Å². The zero-order valence-electron chi connectivity index (χ0n) is 16.4. The van der Waals surface area contributed by atoms with Crippen molar-refractivity contribution in [2.75, 3.05) is 27.9 Å². The first-order valence-electron chi connectivity index (χ1n) is 7.59. The van der Waals surface area contributed by atoms with E-state index < -0.39 is 24.2 Å². The molecular weight excluding hydrogens is 344 g/mol. The highest BCUT2D eigenvalue weighted by Gasteiger charge is 2.14. The molecule has 0 spiro atoms. The van der Waals surface area contributed by atoms with E-state index in [1.54, 1.807) is 13.8 Å². The van der Waals surface area contributed by atoms with Crippen LogP contribution in [0.5, 0.6) is 0 Å². The van der Waals surface area contributed by atoms with E-state index in [-0.39, 0.29) is 6.10 Å². The lowest BCUT2D eigenvalue weighted by Gasteiger charge is -2.11. The second kappa shape index (κ2) is 18.9. The fourth-order valence-corrected chi connectivity index (χ4v) is 0.991. The summed E-state index contributed by atoms with van der Waals surface area (Å²) in [6, 6.07) is 0. The number of esters is 3. The summed E-state index contributed by atoms with van der Waals surface area (Å²) in [5.74, 6) is -1.27. The van der Waals surface area contributed by atoms with Crippen LogP contribution in [0.4, 0.5) is 0 Å². The molecule has 0 aliphatic rings. The molecule has 0 fully saturated rings. The Morgan fingerprint density at radius 1 is 0.962 bits per heavy atom. The standard InChI is InChI=1S/C8H14O3.C6H10O3.C4H6O2/c1-5-11-7(3)6(2)8(9)10-4;1-4-6(7)9-5(2)8-3;1-3-4(5)6-2/h7H,2,5H2,1,3-4H3;4-5H,1H2,2-3H3;3H,1H2,2H3. The maximum atomic E-state index is 10.8.